The molecule has 0 fully saturated rings. The van der Waals surface area contributed by atoms with Crippen LogP contribution in [0.25, 0.3) is 0 Å². The third-order valence-corrected chi connectivity index (χ3v) is 3.31. The number of nitrogens with zero attached hydrogens (tertiary/aromatic N) is 2. The zero-order valence-electron chi connectivity index (χ0n) is 10.8. The fraction of sp³-hybridized carbons (Fsp3) is 0.615. The first kappa shape index (κ1) is 14.3. The van der Waals surface area contributed by atoms with Crippen LogP contribution >= 0.6 is 15.9 Å². The first-order valence-corrected chi connectivity index (χ1v) is 7.21. The van der Waals surface area contributed by atoms with Crippen LogP contribution in [0.1, 0.15) is 26.7 Å². The molecule has 0 atom stereocenters. The van der Waals surface area contributed by atoms with Gasteiger partial charge in [0, 0.05) is 17.9 Å². The molecule has 0 aliphatic rings. The van der Waals surface area contributed by atoms with Crippen LogP contribution in [-0.2, 0) is 0 Å². The fourth-order valence-electron chi connectivity index (χ4n) is 1.97. The van der Waals surface area contributed by atoms with Crippen molar-refractivity contribution in [3.8, 4) is 5.75 Å². The lowest BCUT2D eigenvalue weighted by Crippen LogP contribution is -2.36. The van der Waals surface area contributed by atoms with Gasteiger partial charge in [0.05, 0.1) is 13.3 Å². The first-order valence-electron chi connectivity index (χ1n) is 6.09. The molecular formula is C13H21BrN2O. The van der Waals surface area contributed by atoms with Crippen molar-refractivity contribution < 1.29 is 4.74 Å². The Balaban J connectivity index is 2.87. The molecule has 0 aliphatic carbocycles. The van der Waals surface area contributed by atoms with Gasteiger partial charge in [0.15, 0.2) is 0 Å². The zero-order chi connectivity index (χ0) is 12.7. The molecule has 0 saturated carbocycles. The van der Waals surface area contributed by atoms with Crippen molar-refractivity contribution in [1.82, 2.24) is 4.98 Å². The first-order chi connectivity index (χ1) is 8.26. The number of pyridine rings is 1. The minimum absolute atomic E-state index is 0.549. The molecule has 1 rings (SSSR count). The van der Waals surface area contributed by atoms with Gasteiger partial charge in [-0.1, -0.05) is 29.8 Å². The largest absolute Gasteiger partial charge is 0.495 e. The topological polar surface area (TPSA) is 25.4 Å². The summed E-state index contributed by atoms with van der Waals surface area (Å²) in [6.07, 6.45) is 4.05. The number of methoxy groups -OCH3 is 1. The van der Waals surface area contributed by atoms with E-state index in [1.165, 1.54) is 0 Å². The van der Waals surface area contributed by atoms with E-state index < -0.39 is 0 Å². The highest BCUT2D eigenvalue weighted by molar-refractivity contribution is 9.09. The van der Waals surface area contributed by atoms with Gasteiger partial charge in [-0.05, 0) is 25.0 Å². The van der Waals surface area contributed by atoms with Crippen molar-refractivity contribution in [2.75, 3.05) is 23.9 Å². The van der Waals surface area contributed by atoms with Crippen LogP contribution in [0.5, 0.6) is 5.75 Å². The van der Waals surface area contributed by atoms with E-state index in [1.807, 2.05) is 12.1 Å². The normalized spacial score (nSPS) is 10.6. The second-order valence-electron chi connectivity index (χ2n) is 3.91. The number of alkyl halides is 1. The Morgan fingerprint density at radius 3 is 2.47 bits per heavy atom. The third kappa shape index (κ3) is 3.87. The second-order valence-corrected chi connectivity index (χ2v) is 4.70. The number of hydrogen-bond acceptors (Lipinski definition) is 3. The smallest absolute Gasteiger partial charge is 0.137 e. The van der Waals surface area contributed by atoms with Gasteiger partial charge in [0.2, 0.25) is 0 Å². The van der Waals surface area contributed by atoms with Gasteiger partial charge in [0.25, 0.3) is 0 Å². The van der Waals surface area contributed by atoms with Gasteiger partial charge in [-0.25, -0.2) is 4.98 Å². The zero-order valence-corrected chi connectivity index (χ0v) is 12.4. The summed E-state index contributed by atoms with van der Waals surface area (Å²) >= 11 is 3.51. The van der Waals surface area contributed by atoms with Crippen molar-refractivity contribution >= 4 is 21.7 Å². The van der Waals surface area contributed by atoms with E-state index in [-0.39, 0.29) is 0 Å². The van der Waals surface area contributed by atoms with Gasteiger partial charge in [0.1, 0.15) is 11.6 Å². The molecule has 0 saturated heterocycles. The summed E-state index contributed by atoms with van der Waals surface area (Å²) in [7, 11) is 1.66. The lowest BCUT2D eigenvalue weighted by molar-refractivity contribution is 0.412. The van der Waals surface area contributed by atoms with Crippen molar-refractivity contribution in [2.24, 2.45) is 0 Å². The van der Waals surface area contributed by atoms with Gasteiger partial charge >= 0.3 is 0 Å². The Morgan fingerprint density at radius 2 is 2.06 bits per heavy atom. The molecule has 0 radical (unpaired) electrons. The van der Waals surface area contributed by atoms with Crippen molar-refractivity contribution in [3.05, 3.63) is 18.3 Å². The molecule has 0 aliphatic heterocycles. The standard InChI is InChI=1S/C13H21BrN2O/c1-4-11(5-2)16(9-8-14)13-7-6-12(17-3)10-15-13/h6-7,10-11H,4-5,8-9H2,1-3H3. The molecule has 0 bridgehead atoms. The maximum Gasteiger partial charge on any atom is 0.137 e. The minimum Gasteiger partial charge on any atom is -0.495 e. The molecule has 4 heteroatoms. The molecule has 0 unspecified atom stereocenters. The Hall–Kier alpha value is -0.770. The Morgan fingerprint density at radius 1 is 1.35 bits per heavy atom. The molecular weight excluding hydrogens is 280 g/mol. The fourth-order valence-corrected chi connectivity index (χ4v) is 2.35. The van der Waals surface area contributed by atoms with E-state index in [2.05, 4.69) is 39.7 Å². The molecule has 0 N–H and O–H groups in total. The summed E-state index contributed by atoms with van der Waals surface area (Å²) < 4.78 is 5.13. The highest BCUT2D eigenvalue weighted by Gasteiger charge is 2.16. The number of anilines is 1. The van der Waals surface area contributed by atoms with E-state index in [0.717, 1.165) is 36.3 Å². The van der Waals surface area contributed by atoms with Gasteiger partial charge in [-0.2, -0.15) is 0 Å². The van der Waals surface area contributed by atoms with Crippen molar-refractivity contribution in [1.29, 1.82) is 0 Å². The Kier molecular flexibility index (Phi) is 6.34. The average Bonchev–Trinajstić information content (AvgIpc) is 2.39. The summed E-state index contributed by atoms with van der Waals surface area (Å²) in [5.74, 6) is 1.83. The highest BCUT2D eigenvalue weighted by atomic mass is 79.9. The van der Waals surface area contributed by atoms with Crippen LogP contribution in [0.4, 0.5) is 5.82 Å². The molecule has 0 amide bonds. The van der Waals surface area contributed by atoms with Crippen LogP contribution in [0, 0.1) is 0 Å². The molecule has 3 nitrogen and oxygen atoms in total. The quantitative estimate of drug-likeness (QED) is 0.721. The predicted octanol–water partition coefficient (Wildman–Crippen LogP) is 3.48. The lowest BCUT2D eigenvalue weighted by atomic mass is 10.1. The van der Waals surface area contributed by atoms with Crippen LogP contribution < -0.4 is 9.64 Å². The predicted molar refractivity (Wildman–Crippen MR) is 76.3 cm³/mol. The number of rotatable bonds is 7. The number of hydrogen-bond donors (Lipinski definition) is 0. The van der Waals surface area contributed by atoms with Crippen LogP contribution in [0.3, 0.4) is 0 Å². The van der Waals surface area contributed by atoms with Crippen LogP contribution in [0.2, 0.25) is 0 Å². The number of ether oxygens (including phenoxy) is 1. The van der Waals surface area contributed by atoms with E-state index in [1.54, 1.807) is 13.3 Å². The van der Waals surface area contributed by atoms with E-state index in [9.17, 15) is 0 Å². The summed E-state index contributed by atoms with van der Waals surface area (Å²) in [5.41, 5.74) is 0. The Labute approximate surface area is 112 Å². The third-order valence-electron chi connectivity index (χ3n) is 2.96. The number of halogens is 1. The van der Waals surface area contributed by atoms with Crippen molar-refractivity contribution in [3.63, 3.8) is 0 Å². The lowest BCUT2D eigenvalue weighted by Gasteiger charge is -2.31. The summed E-state index contributed by atoms with van der Waals surface area (Å²) in [6.45, 7) is 5.42. The maximum absolute atomic E-state index is 5.13. The Bertz CT molecular complexity index is 312. The van der Waals surface area contributed by atoms with Crippen LogP contribution in [0.15, 0.2) is 18.3 Å². The second kappa shape index (κ2) is 7.54. The number of aromatic nitrogens is 1. The van der Waals surface area contributed by atoms with E-state index >= 15 is 0 Å². The van der Waals surface area contributed by atoms with Crippen molar-refractivity contribution in [2.45, 2.75) is 32.7 Å². The average molecular weight is 301 g/mol. The molecule has 0 aromatic carbocycles. The molecule has 0 spiro atoms. The van der Waals surface area contributed by atoms with Crippen LogP contribution in [-0.4, -0.2) is 30.0 Å². The van der Waals surface area contributed by atoms with Gasteiger partial charge in [-0.3, -0.25) is 0 Å². The molecule has 1 aromatic heterocycles. The van der Waals surface area contributed by atoms with E-state index in [0.29, 0.717) is 6.04 Å². The monoisotopic (exact) mass is 300 g/mol. The molecule has 96 valence electrons. The van der Waals surface area contributed by atoms with E-state index in [4.69, 9.17) is 4.74 Å². The highest BCUT2D eigenvalue weighted by Crippen LogP contribution is 2.20. The SMILES string of the molecule is CCC(CC)N(CCBr)c1ccc(OC)cn1. The summed E-state index contributed by atoms with van der Waals surface area (Å²) in [6, 6.07) is 4.54. The molecule has 17 heavy (non-hydrogen) atoms. The summed E-state index contributed by atoms with van der Waals surface area (Å²) in [5, 5.41) is 0.956. The van der Waals surface area contributed by atoms with Gasteiger partial charge < -0.3 is 9.64 Å². The maximum atomic E-state index is 5.13. The molecule has 1 aromatic rings. The van der Waals surface area contributed by atoms with Gasteiger partial charge in [-0.15, -0.1) is 0 Å². The minimum atomic E-state index is 0.549. The summed E-state index contributed by atoms with van der Waals surface area (Å²) in [4.78, 5) is 6.82. The molecule has 1 heterocycles.